The average Bonchev–Trinajstić information content (AvgIpc) is 2.84. The molecule has 3 heteroatoms. The zero-order chi connectivity index (χ0) is 14.0. The second-order valence-corrected chi connectivity index (χ2v) is 6.62. The number of allylic oxidation sites excluding steroid dienone is 1. The van der Waals surface area contributed by atoms with E-state index in [0.717, 1.165) is 9.80 Å². The van der Waals surface area contributed by atoms with Crippen molar-refractivity contribution >= 4 is 17.7 Å². The van der Waals surface area contributed by atoms with Gasteiger partial charge in [0.05, 0.1) is 5.56 Å². The molecule has 1 aliphatic rings. The van der Waals surface area contributed by atoms with Crippen LogP contribution in [0.4, 0.5) is 0 Å². The van der Waals surface area contributed by atoms with Crippen LogP contribution in [0.1, 0.15) is 60.0 Å². The smallest absolute Gasteiger partial charge is 0.335 e. The molecule has 0 aliphatic heterocycles. The SMILES string of the molecule is C=C(C)Sc1cc(C(=O)O)cc(C2CCCC2)c1C. The molecule has 0 bridgehead atoms. The minimum atomic E-state index is -0.845. The monoisotopic (exact) mass is 276 g/mol. The van der Waals surface area contributed by atoms with E-state index >= 15 is 0 Å². The fourth-order valence-electron chi connectivity index (χ4n) is 2.79. The van der Waals surface area contributed by atoms with Gasteiger partial charge in [-0.2, -0.15) is 0 Å². The van der Waals surface area contributed by atoms with Crippen molar-refractivity contribution in [3.8, 4) is 0 Å². The molecule has 1 aromatic rings. The average molecular weight is 276 g/mol. The summed E-state index contributed by atoms with van der Waals surface area (Å²) in [6.45, 7) is 7.96. The first-order valence-corrected chi connectivity index (χ1v) is 7.52. The van der Waals surface area contributed by atoms with Crippen LogP contribution in [-0.2, 0) is 0 Å². The summed E-state index contributed by atoms with van der Waals surface area (Å²) in [6, 6.07) is 3.64. The van der Waals surface area contributed by atoms with Gasteiger partial charge in [0.1, 0.15) is 0 Å². The van der Waals surface area contributed by atoms with Gasteiger partial charge in [-0.3, -0.25) is 0 Å². The van der Waals surface area contributed by atoms with Crippen molar-refractivity contribution in [1.82, 2.24) is 0 Å². The summed E-state index contributed by atoms with van der Waals surface area (Å²) in [5, 5.41) is 9.27. The number of hydrogen-bond acceptors (Lipinski definition) is 2. The molecule has 0 aromatic heterocycles. The fraction of sp³-hybridized carbons (Fsp3) is 0.438. The fourth-order valence-corrected chi connectivity index (χ4v) is 3.62. The molecule has 0 saturated heterocycles. The minimum Gasteiger partial charge on any atom is -0.478 e. The Bertz CT molecular complexity index is 514. The summed E-state index contributed by atoms with van der Waals surface area (Å²) >= 11 is 1.57. The number of rotatable bonds is 4. The van der Waals surface area contributed by atoms with Gasteiger partial charge < -0.3 is 5.11 Å². The Labute approximate surface area is 118 Å². The van der Waals surface area contributed by atoms with Crippen LogP contribution in [0.3, 0.4) is 0 Å². The van der Waals surface area contributed by atoms with E-state index < -0.39 is 5.97 Å². The van der Waals surface area contributed by atoms with E-state index in [4.69, 9.17) is 0 Å². The van der Waals surface area contributed by atoms with Crippen molar-refractivity contribution < 1.29 is 9.90 Å². The van der Waals surface area contributed by atoms with Crippen LogP contribution in [-0.4, -0.2) is 11.1 Å². The highest BCUT2D eigenvalue weighted by Gasteiger charge is 2.22. The number of carboxylic acid groups (broad SMARTS) is 1. The molecule has 2 rings (SSSR count). The van der Waals surface area contributed by atoms with Crippen LogP contribution in [0, 0.1) is 6.92 Å². The van der Waals surface area contributed by atoms with Crippen molar-refractivity contribution in [3.05, 3.63) is 40.3 Å². The van der Waals surface area contributed by atoms with Crippen LogP contribution in [0.2, 0.25) is 0 Å². The molecular formula is C16H20O2S. The summed E-state index contributed by atoms with van der Waals surface area (Å²) in [7, 11) is 0. The van der Waals surface area contributed by atoms with Gasteiger partial charge in [-0.05, 0) is 60.8 Å². The lowest BCUT2D eigenvalue weighted by atomic mass is 9.92. The zero-order valence-corrected chi connectivity index (χ0v) is 12.3. The summed E-state index contributed by atoms with van der Waals surface area (Å²) < 4.78 is 0. The maximum atomic E-state index is 11.3. The maximum Gasteiger partial charge on any atom is 0.335 e. The summed E-state index contributed by atoms with van der Waals surface area (Å²) in [5.74, 6) is -0.313. The Morgan fingerprint density at radius 1 is 1.37 bits per heavy atom. The van der Waals surface area contributed by atoms with Crippen LogP contribution in [0.5, 0.6) is 0 Å². The Morgan fingerprint density at radius 2 is 2.00 bits per heavy atom. The number of aromatic carboxylic acids is 1. The maximum absolute atomic E-state index is 11.3. The van der Waals surface area contributed by atoms with Crippen molar-refractivity contribution in [2.24, 2.45) is 0 Å². The largest absolute Gasteiger partial charge is 0.478 e. The highest BCUT2D eigenvalue weighted by molar-refractivity contribution is 8.03. The van der Waals surface area contributed by atoms with Crippen LogP contribution < -0.4 is 0 Å². The van der Waals surface area contributed by atoms with Gasteiger partial charge in [0.15, 0.2) is 0 Å². The Morgan fingerprint density at radius 3 is 2.53 bits per heavy atom. The highest BCUT2D eigenvalue weighted by atomic mass is 32.2. The zero-order valence-electron chi connectivity index (χ0n) is 11.5. The van der Waals surface area contributed by atoms with Gasteiger partial charge in [-0.25, -0.2) is 4.79 Å². The molecule has 0 atom stereocenters. The van der Waals surface area contributed by atoms with Crippen molar-refractivity contribution in [2.75, 3.05) is 0 Å². The lowest BCUT2D eigenvalue weighted by molar-refractivity contribution is 0.0696. The summed E-state index contributed by atoms with van der Waals surface area (Å²) in [5.41, 5.74) is 2.85. The molecule has 1 N–H and O–H groups in total. The first-order chi connectivity index (χ1) is 8.99. The predicted molar refractivity (Wildman–Crippen MR) is 80.0 cm³/mol. The number of benzene rings is 1. The molecular weight excluding hydrogens is 256 g/mol. The van der Waals surface area contributed by atoms with Gasteiger partial charge in [-0.15, -0.1) is 0 Å². The Kier molecular flexibility index (Phi) is 4.35. The first kappa shape index (κ1) is 14.2. The molecule has 1 aliphatic carbocycles. The molecule has 102 valence electrons. The molecule has 0 amide bonds. The van der Waals surface area contributed by atoms with Gasteiger partial charge in [0.2, 0.25) is 0 Å². The predicted octanol–water partition coefficient (Wildman–Crippen LogP) is 4.98. The normalized spacial score (nSPS) is 15.7. The summed E-state index contributed by atoms with van der Waals surface area (Å²) in [4.78, 5) is 13.3. The van der Waals surface area contributed by atoms with Gasteiger partial charge in [0, 0.05) is 4.90 Å². The number of thioether (sulfide) groups is 1. The third-order valence-corrected chi connectivity index (χ3v) is 4.72. The second kappa shape index (κ2) is 5.83. The molecule has 1 fully saturated rings. The Balaban J connectivity index is 2.47. The first-order valence-electron chi connectivity index (χ1n) is 6.70. The molecule has 1 saturated carbocycles. The molecule has 1 aromatic carbocycles. The van der Waals surface area contributed by atoms with E-state index in [2.05, 4.69) is 13.5 Å². The second-order valence-electron chi connectivity index (χ2n) is 5.28. The Hall–Kier alpha value is -1.22. The quantitative estimate of drug-likeness (QED) is 0.788. The number of carbonyl (C=O) groups is 1. The minimum absolute atomic E-state index is 0.399. The molecule has 0 heterocycles. The van der Waals surface area contributed by atoms with Crippen LogP contribution >= 0.6 is 11.8 Å². The van der Waals surface area contributed by atoms with E-state index in [-0.39, 0.29) is 0 Å². The van der Waals surface area contributed by atoms with Crippen LogP contribution in [0.15, 0.2) is 28.5 Å². The highest BCUT2D eigenvalue weighted by Crippen LogP contribution is 2.40. The van der Waals surface area contributed by atoms with E-state index in [9.17, 15) is 9.90 Å². The molecule has 0 spiro atoms. The summed E-state index contributed by atoms with van der Waals surface area (Å²) in [6.07, 6.45) is 4.87. The standard InChI is InChI=1S/C16H20O2S/c1-10(2)19-15-9-13(16(17)18)8-14(11(15)3)12-6-4-5-7-12/h8-9,12H,1,4-7H2,2-3H3,(H,17,18). The molecule has 2 nitrogen and oxygen atoms in total. The lowest BCUT2D eigenvalue weighted by Crippen LogP contribution is -2.04. The van der Waals surface area contributed by atoms with E-state index in [1.165, 1.54) is 36.8 Å². The van der Waals surface area contributed by atoms with Crippen molar-refractivity contribution in [3.63, 3.8) is 0 Å². The van der Waals surface area contributed by atoms with E-state index in [1.54, 1.807) is 17.8 Å². The molecule has 0 unspecified atom stereocenters. The van der Waals surface area contributed by atoms with E-state index in [1.807, 2.05) is 13.0 Å². The third kappa shape index (κ3) is 3.21. The van der Waals surface area contributed by atoms with Gasteiger partial charge in [-0.1, -0.05) is 31.2 Å². The van der Waals surface area contributed by atoms with E-state index in [0.29, 0.717) is 11.5 Å². The molecule has 0 radical (unpaired) electrons. The van der Waals surface area contributed by atoms with Gasteiger partial charge >= 0.3 is 5.97 Å². The topological polar surface area (TPSA) is 37.3 Å². The van der Waals surface area contributed by atoms with Crippen LogP contribution in [0.25, 0.3) is 0 Å². The molecule has 19 heavy (non-hydrogen) atoms. The number of carboxylic acids is 1. The van der Waals surface area contributed by atoms with Crippen molar-refractivity contribution in [2.45, 2.75) is 50.3 Å². The van der Waals surface area contributed by atoms with Crippen molar-refractivity contribution in [1.29, 1.82) is 0 Å². The lowest BCUT2D eigenvalue weighted by Gasteiger charge is -2.17. The number of hydrogen-bond donors (Lipinski definition) is 1. The third-order valence-electron chi connectivity index (χ3n) is 3.73. The van der Waals surface area contributed by atoms with Gasteiger partial charge in [0.25, 0.3) is 0 Å².